The molecule has 0 fully saturated rings. The van der Waals surface area contributed by atoms with Gasteiger partial charge in [-0.1, -0.05) is 146 Å². The molecule has 0 saturated heterocycles. The summed E-state index contributed by atoms with van der Waals surface area (Å²) in [5, 5.41) is 9.25. The fraction of sp³-hybridized carbons (Fsp3) is 0. The average molecular weight is 678 g/mol. The van der Waals surface area contributed by atoms with E-state index in [9.17, 15) is 0 Å². The Balaban J connectivity index is 1.16. The summed E-state index contributed by atoms with van der Waals surface area (Å²) in [4.78, 5) is 2.34. The van der Waals surface area contributed by atoms with Crippen LogP contribution in [0.5, 0.6) is 0 Å². The third kappa shape index (κ3) is 4.54. The third-order valence-electron chi connectivity index (χ3n) is 10.7. The van der Waals surface area contributed by atoms with Gasteiger partial charge in [0, 0.05) is 49.4 Å². The zero-order chi connectivity index (χ0) is 34.9. The Labute approximate surface area is 305 Å². The van der Waals surface area contributed by atoms with Crippen LogP contribution in [-0.4, -0.2) is 0 Å². The highest BCUT2D eigenvalue weighted by Crippen LogP contribution is 2.49. The fourth-order valence-electron chi connectivity index (χ4n) is 8.30. The molecule has 9 aromatic carbocycles. The molecule has 11 rings (SSSR count). The predicted octanol–water partition coefficient (Wildman–Crippen LogP) is 14.6. The molecule has 0 atom stereocenters. The summed E-state index contributed by atoms with van der Waals surface area (Å²) < 4.78 is 13.5. The number of hydrogen-bond acceptors (Lipinski definition) is 3. The first-order valence-electron chi connectivity index (χ1n) is 18.0. The second-order valence-electron chi connectivity index (χ2n) is 13.6. The topological polar surface area (TPSA) is 29.5 Å². The van der Waals surface area contributed by atoms with E-state index >= 15 is 0 Å². The first kappa shape index (κ1) is 29.6. The summed E-state index contributed by atoms with van der Waals surface area (Å²) in [6, 6.07) is 66.5. The summed E-state index contributed by atoms with van der Waals surface area (Å²) >= 11 is 0. The van der Waals surface area contributed by atoms with E-state index in [4.69, 9.17) is 8.83 Å². The highest BCUT2D eigenvalue weighted by Gasteiger charge is 2.24. The van der Waals surface area contributed by atoms with Crippen molar-refractivity contribution in [2.75, 3.05) is 4.90 Å². The zero-order valence-electron chi connectivity index (χ0n) is 28.7. The van der Waals surface area contributed by atoms with E-state index in [0.717, 1.165) is 88.6 Å². The molecule has 248 valence electrons. The molecule has 0 unspecified atom stereocenters. The molecule has 0 aliphatic carbocycles. The smallest absolute Gasteiger partial charge is 0.145 e. The third-order valence-corrected chi connectivity index (χ3v) is 10.7. The largest absolute Gasteiger partial charge is 0.455 e. The van der Waals surface area contributed by atoms with Crippen molar-refractivity contribution < 1.29 is 8.83 Å². The SMILES string of the molecule is c1ccc(-c2c(N(c3ccccc3)c3ccc(-c4cccc5c4oc4ccccc45)cc3)ccc3c2oc2c4ccccc4c4ccccc4c32)cc1. The van der Waals surface area contributed by atoms with E-state index < -0.39 is 0 Å². The van der Waals surface area contributed by atoms with Gasteiger partial charge in [0.1, 0.15) is 22.3 Å². The zero-order valence-corrected chi connectivity index (χ0v) is 28.7. The maximum Gasteiger partial charge on any atom is 0.145 e. The number of nitrogens with zero attached hydrogens (tertiary/aromatic N) is 1. The van der Waals surface area contributed by atoms with Crippen molar-refractivity contribution in [3.63, 3.8) is 0 Å². The molecule has 53 heavy (non-hydrogen) atoms. The van der Waals surface area contributed by atoms with E-state index in [0.29, 0.717) is 0 Å². The number of benzene rings is 9. The van der Waals surface area contributed by atoms with Crippen molar-refractivity contribution in [2.45, 2.75) is 0 Å². The van der Waals surface area contributed by atoms with Gasteiger partial charge in [0.25, 0.3) is 0 Å². The van der Waals surface area contributed by atoms with Crippen LogP contribution in [0.2, 0.25) is 0 Å². The lowest BCUT2D eigenvalue weighted by atomic mass is 9.95. The maximum atomic E-state index is 7.13. The summed E-state index contributed by atoms with van der Waals surface area (Å²) in [6.07, 6.45) is 0. The molecule has 0 saturated carbocycles. The Morgan fingerprint density at radius 3 is 1.68 bits per heavy atom. The standard InChI is InChI=1S/C50H31NO2/c1-3-14-33(15-4-1)46-44(31-30-43-47-40-21-9-7-18-37(40)38-19-8-10-22-41(38)49(47)53-50(43)46)51(34-16-5-2-6-17-34)35-28-26-32(27-29-35)36-23-13-24-42-39-20-11-12-25-45(39)52-48(36)42/h1-31H. The molecule has 0 radical (unpaired) electrons. The molecule has 2 heterocycles. The van der Waals surface area contributed by atoms with Crippen LogP contribution in [0.15, 0.2) is 197 Å². The van der Waals surface area contributed by atoms with Gasteiger partial charge in [-0.2, -0.15) is 0 Å². The van der Waals surface area contributed by atoms with Crippen LogP contribution >= 0.6 is 0 Å². The van der Waals surface area contributed by atoms with Crippen molar-refractivity contribution in [3.05, 3.63) is 188 Å². The van der Waals surface area contributed by atoms with Crippen LogP contribution in [0, 0.1) is 0 Å². The lowest BCUT2D eigenvalue weighted by molar-refractivity contribution is 0.670. The van der Waals surface area contributed by atoms with Gasteiger partial charge < -0.3 is 13.7 Å². The van der Waals surface area contributed by atoms with Crippen molar-refractivity contribution in [2.24, 2.45) is 0 Å². The van der Waals surface area contributed by atoms with Gasteiger partial charge in [0.15, 0.2) is 0 Å². The van der Waals surface area contributed by atoms with Crippen molar-refractivity contribution >= 4 is 82.5 Å². The van der Waals surface area contributed by atoms with E-state index in [1.165, 1.54) is 16.2 Å². The quantitative estimate of drug-likeness (QED) is 0.170. The normalized spacial score (nSPS) is 11.8. The minimum atomic E-state index is 0.874. The van der Waals surface area contributed by atoms with Crippen LogP contribution in [0.3, 0.4) is 0 Å². The molecule has 0 N–H and O–H groups in total. The second kappa shape index (κ2) is 11.7. The van der Waals surface area contributed by atoms with Gasteiger partial charge in [0.05, 0.1) is 5.69 Å². The number of rotatable bonds is 5. The lowest BCUT2D eigenvalue weighted by Gasteiger charge is -2.28. The van der Waals surface area contributed by atoms with Gasteiger partial charge in [-0.3, -0.25) is 0 Å². The van der Waals surface area contributed by atoms with Gasteiger partial charge >= 0.3 is 0 Å². The summed E-state index contributed by atoms with van der Waals surface area (Å²) in [7, 11) is 0. The summed E-state index contributed by atoms with van der Waals surface area (Å²) in [5.41, 5.74) is 11.0. The van der Waals surface area contributed by atoms with Gasteiger partial charge in [0.2, 0.25) is 0 Å². The molecule has 0 aliphatic heterocycles. The number of hydrogen-bond donors (Lipinski definition) is 0. The molecule has 0 amide bonds. The van der Waals surface area contributed by atoms with Crippen molar-refractivity contribution in [3.8, 4) is 22.3 Å². The van der Waals surface area contributed by atoms with Crippen LogP contribution in [0.1, 0.15) is 0 Å². The first-order valence-corrected chi connectivity index (χ1v) is 18.0. The number of para-hydroxylation sites is 3. The minimum absolute atomic E-state index is 0.874. The first-order chi connectivity index (χ1) is 26.3. The van der Waals surface area contributed by atoms with E-state index in [-0.39, 0.29) is 0 Å². The van der Waals surface area contributed by atoms with E-state index in [1.807, 2.05) is 12.1 Å². The molecule has 3 nitrogen and oxygen atoms in total. The molecule has 0 spiro atoms. The van der Waals surface area contributed by atoms with Gasteiger partial charge in [-0.15, -0.1) is 0 Å². The van der Waals surface area contributed by atoms with Crippen molar-refractivity contribution in [1.29, 1.82) is 0 Å². The van der Waals surface area contributed by atoms with Crippen LogP contribution in [0.4, 0.5) is 17.1 Å². The van der Waals surface area contributed by atoms with Crippen LogP contribution in [0.25, 0.3) is 87.7 Å². The molecule has 3 heteroatoms. The summed E-state index contributed by atoms with van der Waals surface area (Å²) in [6.45, 7) is 0. The Morgan fingerprint density at radius 1 is 0.321 bits per heavy atom. The van der Waals surface area contributed by atoms with Crippen molar-refractivity contribution in [1.82, 2.24) is 0 Å². The monoisotopic (exact) mass is 677 g/mol. The molecule has 2 aromatic heterocycles. The molecular formula is C50H31NO2. The predicted molar refractivity (Wildman–Crippen MR) is 222 cm³/mol. The van der Waals surface area contributed by atoms with E-state index in [1.54, 1.807) is 0 Å². The van der Waals surface area contributed by atoms with E-state index in [2.05, 4.69) is 181 Å². The second-order valence-corrected chi connectivity index (χ2v) is 13.6. The minimum Gasteiger partial charge on any atom is -0.455 e. The number of furan rings is 2. The highest BCUT2D eigenvalue weighted by atomic mass is 16.3. The number of anilines is 3. The maximum absolute atomic E-state index is 7.13. The average Bonchev–Trinajstić information content (AvgIpc) is 3.82. The van der Waals surface area contributed by atoms with Gasteiger partial charge in [-0.25, -0.2) is 0 Å². The molecular weight excluding hydrogens is 647 g/mol. The van der Waals surface area contributed by atoms with Crippen LogP contribution < -0.4 is 4.90 Å². The highest BCUT2D eigenvalue weighted by molar-refractivity contribution is 6.31. The number of fused-ring (bicyclic) bond motifs is 11. The Hall–Kier alpha value is -7.10. The lowest BCUT2D eigenvalue weighted by Crippen LogP contribution is -2.11. The van der Waals surface area contributed by atoms with Crippen LogP contribution in [-0.2, 0) is 0 Å². The Morgan fingerprint density at radius 2 is 0.906 bits per heavy atom. The molecule has 11 aromatic rings. The Bertz CT molecular complexity index is 3160. The Kier molecular flexibility index (Phi) is 6.55. The molecule has 0 aliphatic rings. The fourth-order valence-corrected chi connectivity index (χ4v) is 8.30. The summed E-state index contributed by atoms with van der Waals surface area (Å²) in [5.74, 6) is 0. The van der Waals surface area contributed by atoms with Gasteiger partial charge in [-0.05, 0) is 69.8 Å². The molecule has 0 bridgehead atoms.